The predicted molar refractivity (Wildman–Crippen MR) is 91.8 cm³/mol. The van der Waals surface area contributed by atoms with Crippen molar-refractivity contribution in [1.82, 2.24) is 0 Å². The average Bonchev–Trinajstić information content (AvgIpc) is 2.53. The molecule has 1 unspecified atom stereocenters. The number of hydrogen-bond acceptors (Lipinski definition) is 1. The van der Waals surface area contributed by atoms with Crippen LogP contribution in [-0.2, 0) is 19.3 Å². The van der Waals surface area contributed by atoms with Gasteiger partial charge in [0.1, 0.15) is 0 Å². The van der Waals surface area contributed by atoms with E-state index < -0.39 is 0 Å². The topological polar surface area (TPSA) is 26.0 Å². The molecule has 0 saturated carbocycles. The van der Waals surface area contributed by atoms with Gasteiger partial charge < -0.3 is 5.73 Å². The zero-order chi connectivity index (χ0) is 15.4. The lowest BCUT2D eigenvalue weighted by molar-refractivity contribution is 0.817. The van der Waals surface area contributed by atoms with E-state index in [9.17, 15) is 0 Å². The summed E-state index contributed by atoms with van der Waals surface area (Å²) in [6.45, 7) is 8.81. The molecule has 1 heteroatoms. The van der Waals surface area contributed by atoms with Crippen LogP contribution in [-0.4, -0.2) is 0 Å². The summed E-state index contributed by atoms with van der Waals surface area (Å²) < 4.78 is 0. The molecule has 0 amide bonds. The minimum Gasteiger partial charge on any atom is -0.320 e. The molecular weight excluding hydrogens is 254 g/mol. The van der Waals surface area contributed by atoms with Crippen LogP contribution < -0.4 is 5.73 Å². The zero-order valence-electron chi connectivity index (χ0n) is 13.7. The predicted octanol–water partition coefficient (Wildman–Crippen LogP) is 4.73. The van der Waals surface area contributed by atoms with E-state index in [0.29, 0.717) is 0 Å². The molecule has 0 aliphatic heterocycles. The van der Waals surface area contributed by atoms with Crippen molar-refractivity contribution >= 4 is 0 Å². The molecule has 2 rings (SSSR count). The van der Waals surface area contributed by atoms with Crippen LogP contribution in [0.25, 0.3) is 0 Å². The molecule has 21 heavy (non-hydrogen) atoms. The highest BCUT2D eigenvalue weighted by molar-refractivity contribution is 5.47. The van der Waals surface area contributed by atoms with Crippen molar-refractivity contribution in [3.05, 3.63) is 69.8 Å². The molecular formula is C20H27N. The van der Waals surface area contributed by atoms with Crippen LogP contribution >= 0.6 is 0 Å². The summed E-state index contributed by atoms with van der Waals surface area (Å²) in [6, 6.07) is 13.1. The average molecular weight is 281 g/mol. The summed E-state index contributed by atoms with van der Waals surface area (Å²) in [5.41, 5.74) is 14.7. The lowest BCUT2D eigenvalue weighted by Crippen LogP contribution is -2.18. The molecule has 0 aromatic heterocycles. The lowest BCUT2D eigenvalue weighted by atomic mass is 9.85. The zero-order valence-corrected chi connectivity index (χ0v) is 13.7. The van der Waals surface area contributed by atoms with Gasteiger partial charge in [-0.25, -0.2) is 0 Å². The number of aryl methyl sites for hydroxylation is 4. The van der Waals surface area contributed by atoms with Crippen molar-refractivity contribution < 1.29 is 0 Å². The Morgan fingerprint density at radius 2 is 1.48 bits per heavy atom. The summed E-state index contributed by atoms with van der Waals surface area (Å²) in [6.07, 6.45) is 3.16. The van der Waals surface area contributed by atoms with Crippen LogP contribution in [0, 0.1) is 6.92 Å². The Hall–Kier alpha value is -1.60. The first-order chi connectivity index (χ1) is 10.1. The van der Waals surface area contributed by atoms with Crippen LogP contribution in [0.1, 0.15) is 60.2 Å². The summed E-state index contributed by atoms with van der Waals surface area (Å²) in [5, 5.41) is 0. The third-order valence-corrected chi connectivity index (χ3v) is 4.42. The minimum absolute atomic E-state index is 0.0259. The van der Waals surface area contributed by atoms with Gasteiger partial charge >= 0.3 is 0 Å². The van der Waals surface area contributed by atoms with Crippen LogP contribution in [0.2, 0.25) is 0 Å². The standard InChI is InChI=1S/C20H27N/c1-5-15-12-16(6-2)19(17(7-3)13-15)20(21)18-11-9-8-10-14(18)4/h8-13,20H,5-7,21H2,1-4H3. The van der Waals surface area contributed by atoms with Crippen molar-refractivity contribution in [3.8, 4) is 0 Å². The molecule has 0 bridgehead atoms. The SMILES string of the molecule is CCc1cc(CC)c(C(N)c2ccccc2C)c(CC)c1. The molecule has 0 heterocycles. The second-order valence-corrected chi connectivity index (χ2v) is 5.72. The van der Waals surface area contributed by atoms with Gasteiger partial charge in [0, 0.05) is 0 Å². The third-order valence-electron chi connectivity index (χ3n) is 4.42. The first-order valence-corrected chi connectivity index (χ1v) is 8.07. The highest BCUT2D eigenvalue weighted by Gasteiger charge is 2.18. The van der Waals surface area contributed by atoms with Crippen LogP contribution in [0.5, 0.6) is 0 Å². The van der Waals surface area contributed by atoms with E-state index in [0.717, 1.165) is 19.3 Å². The van der Waals surface area contributed by atoms with E-state index in [2.05, 4.69) is 64.1 Å². The fourth-order valence-corrected chi connectivity index (χ4v) is 3.13. The van der Waals surface area contributed by atoms with Crippen LogP contribution in [0.3, 0.4) is 0 Å². The maximum Gasteiger partial charge on any atom is 0.0559 e. The number of nitrogens with two attached hydrogens (primary N) is 1. The van der Waals surface area contributed by atoms with Crippen molar-refractivity contribution in [3.63, 3.8) is 0 Å². The molecule has 2 aromatic carbocycles. The van der Waals surface area contributed by atoms with Gasteiger partial charge in [0.2, 0.25) is 0 Å². The largest absolute Gasteiger partial charge is 0.320 e. The van der Waals surface area contributed by atoms with Gasteiger partial charge in [0.15, 0.2) is 0 Å². The Labute approximate surface area is 129 Å². The first-order valence-electron chi connectivity index (χ1n) is 8.07. The molecule has 2 N–H and O–H groups in total. The van der Waals surface area contributed by atoms with Crippen LogP contribution in [0.15, 0.2) is 36.4 Å². The molecule has 0 radical (unpaired) electrons. The summed E-state index contributed by atoms with van der Waals surface area (Å²) in [5.74, 6) is 0. The van der Waals surface area contributed by atoms with E-state index in [-0.39, 0.29) is 6.04 Å². The second kappa shape index (κ2) is 6.91. The molecule has 0 spiro atoms. The van der Waals surface area contributed by atoms with Gasteiger partial charge in [-0.05, 0) is 59.6 Å². The first kappa shape index (κ1) is 15.8. The molecule has 112 valence electrons. The Bertz CT molecular complexity index is 588. The maximum absolute atomic E-state index is 6.66. The van der Waals surface area contributed by atoms with E-state index in [1.54, 1.807) is 0 Å². The van der Waals surface area contributed by atoms with E-state index in [1.165, 1.54) is 33.4 Å². The van der Waals surface area contributed by atoms with Crippen molar-refractivity contribution in [1.29, 1.82) is 0 Å². The van der Waals surface area contributed by atoms with Crippen molar-refractivity contribution in [2.24, 2.45) is 5.73 Å². The lowest BCUT2D eigenvalue weighted by Gasteiger charge is -2.23. The van der Waals surface area contributed by atoms with Gasteiger partial charge in [0.05, 0.1) is 6.04 Å². The second-order valence-electron chi connectivity index (χ2n) is 5.72. The van der Waals surface area contributed by atoms with E-state index in [1.807, 2.05) is 0 Å². The normalized spacial score (nSPS) is 12.4. The van der Waals surface area contributed by atoms with E-state index >= 15 is 0 Å². The molecule has 0 fully saturated rings. The Balaban J connectivity index is 2.59. The number of benzene rings is 2. The highest BCUT2D eigenvalue weighted by atomic mass is 14.6. The monoisotopic (exact) mass is 281 g/mol. The summed E-state index contributed by atoms with van der Waals surface area (Å²) in [7, 11) is 0. The molecule has 1 atom stereocenters. The summed E-state index contributed by atoms with van der Waals surface area (Å²) >= 11 is 0. The van der Waals surface area contributed by atoms with Crippen molar-refractivity contribution in [2.75, 3.05) is 0 Å². The number of rotatable bonds is 5. The van der Waals surface area contributed by atoms with Gasteiger partial charge in [-0.1, -0.05) is 57.2 Å². The molecule has 2 aromatic rings. The van der Waals surface area contributed by atoms with Crippen LogP contribution in [0.4, 0.5) is 0 Å². The molecule has 0 aliphatic carbocycles. The van der Waals surface area contributed by atoms with Gasteiger partial charge in [-0.15, -0.1) is 0 Å². The molecule has 1 nitrogen and oxygen atoms in total. The Morgan fingerprint density at radius 1 is 0.905 bits per heavy atom. The minimum atomic E-state index is -0.0259. The smallest absolute Gasteiger partial charge is 0.0559 e. The fourth-order valence-electron chi connectivity index (χ4n) is 3.13. The highest BCUT2D eigenvalue weighted by Crippen LogP contribution is 2.30. The third kappa shape index (κ3) is 3.19. The van der Waals surface area contributed by atoms with E-state index in [4.69, 9.17) is 5.73 Å². The number of hydrogen-bond donors (Lipinski definition) is 1. The molecule has 0 saturated heterocycles. The Kier molecular flexibility index (Phi) is 5.19. The van der Waals surface area contributed by atoms with Crippen molar-refractivity contribution in [2.45, 2.75) is 53.0 Å². The quantitative estimate of drug-likeness (QED) is 0.842. The molecule has 0 aliphatic rings. The summed E-state index contributed by atoms with van der Waals surface area (Å²) in [4.78, 5) is 0. The fraction of sp³-hybridized carbons (Fsp3) is 0.400. The maximum atomic E-state index is 6.66. The van der Waals surface area contributed by atoms with Gasteiger partial charge in [-0.2, -0.15) is 0 Å². The van der Waals surface area contributed by atoms with Gasteiger partial charge in [0.25, 0.3) is 0 Å². The Morgan fingerprint density at radius 3 is 1.95 bits per heavy atom. The van der Waals surface area contributed by atoms with Gasteiger partial charge in [-0.3, -0.25) is 0 Å².